The highest BCUT2D eigenvalue weighted by Crippen LogP contribution is 2.12. The van der Waals surface area contributed by atoms with Crippen molar-refractivity contribution in [3.63, 3.8) is 0 Å². The summed E-state index contributed by atoms with van der Waals surface area (Å²) in [6, 6.07) is 7.28. The summed E-state index contributed by atoms with van der Waals surface area (Å²) in [7, 11) is 0. The van der Waals surface area contributed by atoms with Gasteiger partial charge >= 0.3 is 0 Å². The van der Waals surface area contributed by atoms with Crippen LogP contribution in [0, 0.1) is 13.8 Å². The van der Waals surface area contributed by atoms with E-state index in [4.69, 9.17) is 0 Å². The van der Waals surface area contributed by atoms with Crippen molar-refractivity contribution >= 4 is 0 Å². The van der Waals surface area contributed by atoms with Crippen LogP contribution in [0.5, 0.6) is 0 Å². The molecule has 0 radical (unpaired) electrons. The van der Waals surface area contributed by atoms with Gasteiger partial charge in [0.1, 0.15) is 0 Å². The molecule has 1 N–H and O–H groups in total. The van der Waals surface area contributed by atoms with Gasteiger partial charge in [0.25, 0.3) is 0 Å². The Balaban J connectivity index is 2.59. The monoisotopic (exact) mass is 205 g/mol. The molecule has 0 aliphatic heterocycles. The molecule has 1 atom stereocenters. The quantitative estimate of drug-likeness (QED) is 0.778. The van der Waals surface area contributed by atoms with Gasteiger partial charge in [0.2, 0.25) is 0 Å². The Morgan fingerprint density at radius 1 is 1.27 bits per heavy atom. The van der Waals surface area contributed by atoms with E-state index in [2.05, 4.69) is 51.2 Å². The first kappa shape index (κ1) is 12.3. The molecule has 0 bridgehead atoms. The standard InChI is InChI=1S/C14H23N/c1-5-8-15-13(4)10-14-9-11(2)6-7-12(14)3/h6-7,9,13,15H,5,8,10H2,1-4H3. The van der Waals surface area contributed by atoms with Crippen molar-refractivity contribution in [1.82, 2.24) is 5.32 Å². The molecule has 1 rings (SSSR count). The van der Waals surface area contributed by atoms with Crippen LogP contribution in [0.2, 0.25) is 0 Å². The fraction of sp³-hybridized carbons (Fsp3) is 0.571. The van der Waals surface area contributed by atoms with E-state index in [1.807, 2.05) is 0 Å². The van der Waals surface area contributed by atoms with E-state index in [1.54, 1.807) is 0 Å². The molecule has 1 heteroatoms. The predicted molar refractivity (Wildman–Crippen MR) is 67.4 cm³/mol. The highest BCUT2D eigenvalue weighted by Gasteiger charge is 2.04. The molecular weight excluding hydrogens is 182 g/mol. The molecule has 1 aromatic carbocycles. The van der Waals surface area contributed by atoms with Crippen molar-refractivity contribution in [2.45, 2.75) is 46.6 Å². The highest BCUT2D eigenvalue weighted by atomic mass is 14.9. The van der Waals surface area contributed by atoms with Gasteiger partial charge in [-0.2, -0.15) is 0 Å². The molecule has 0 heterocycles. The fourth-order valence-corrected chi connectivity index (χ4v) is 1.81. The van der Waals surface area contributed by atoms with E-state index in [0.29, 0.717) is 6.04 Å². The van der Waals surface area contributed by atoms with Gasteiger partial charge in [-0.1, -0.05) is 30.7 Å². The number of rotatable bonds is 5. The maximum Gasteiger partial charge on any atom is 0.00792 e. The number of benzene rings is 1. The predicted octanol–water partition coefficient (Wildman–Crippen LogP) is 3.23. The smallest absolute Gasteiger partial charge is 0.00792 e. The molecule has 0 amide bonds. The maximum absolute atomic E-state index is 3.53. The van der Waals surface area contributed by atoms with Gasteiger partial charge in [-0.05, 0) is 51.3 Å². The molecule has 0 aliphatic carbocycles. The van der Waals surface area contributed by atoms with Crippen LogP contribution in [0.25, 0.3) is 0 Å². The lowest BCUT2D eigenvalue weighted by molar-refractivity contribution is 0.542. The van der Waals surface area contributed by atoms with E-state index >= 15 is 0 Å². The van der Waals surface area contributed by atoms with Crippen molar-refractivity contribution in [1.29, 1.82) is 0 Å². The summed E-state index contributed by atoms with van der Waals surface area (Å²) in [5.41, 5.74) is 4.25. The van der Waals surface area contributed by atoms with Gasteiger partial charge in [-0.15, -0.1) is 0 Å². The van der Waals surface area contributed by atoms with Crippen LogP contribution in [0.3, 0.4) is 0 Å². The van der Waals surface area contributed by atoms with Gasteiger partial charge < -0.3 is 5.32 Å². The molecule has 1 unspecified atom stereocenters. The summed E-state index contributed by atoms with van der Waals surface area (Å²) in [6.07, 6.45) is 2.34. The molecule has 15 heavy (non-hydrogen) atoms. The first-order valence-electron chi connectivity index (χ1n) is 5.93. The Hall–Kier alpha value is -0.820. The lowest BCUT2D eigenvalue weighted by atomic mass is 10.00. The summed E-state index contributed by atoms with van der Waals surface area (Å²) in [5.74, 6) is 0. The van der Waals surface area contributed by atoms with Crippen molar-refractivity contribution < 1.29 is 0 Å². The van der Waals surface area contributed by atoms with Crippen LogP contribution in [0.1, 0.15) is 37.0 Å². The van der Waals surface area contributed by atoms with Crippen LogP contribution in [-0.4, -0.2) is 12.6 Å². The third-order valence-electron chi connectivity index (χ3n) is 2.77. The van der Waals surface area contributed by atoms with Gasteiger partial charge in [0.05, 0.1) is 0 Å². The van der Waals surface area contributed by atoms with Crippen LogP contribution in [0.4, 0.5) is 0 Å². The number of nitrogens with one attached hydrogen (secondary N) is 1. The fourth-order valence-electron chi connectivity index (χ4n) is 1.81. The Morgan fingerprint density at radius 3 is 2.67 bits per heavy atom. The zero-order chi connectivity index (χ0) is 11.3. The number of aryl methyl sites for hydroxylation is 2. The molecule has 1 nitrogen and oxygen atoms in total. The molecule has 1 aromatic rings. The molecule has 0 fully saturated rings. The van der Waals surface area contributed by atoms with E-state index in [1.165, 1.54) is 23.1 Å². The Labute approximate surface area is 93.9 Å². The number of hydrogen-bond acceptors (Lipinski definition) is 1. The van der Waals surface area contributed by atoms with E-state index in [0.717, 1.165) is 13.0 Å². The topological polar surface area (TPSA) is 12.0 Å². The van der Waals surface area contributed by atoms with Crippen molar-refractivity contribution in [2.75, 3.05) is 6.54 Å². The molecule has 0 saturated carbocycles. The molecule has 84 valence electrons. The minimum absolute atomic E-state index is 0.574. The second-order valence-electron chi connectivity index (χ2n) is 4.49. The van der Waals surface area contributed by atoms with E-state index < -0.39 is 0 Å². The highest BCUT2D eigenvalue weighted by molar-refractivity contribution is 5.31. The maximum atomic E-state index is 3.53. The minimum atomic E-state index is 0.574. The average Bonchev–Trinajstić information content (AvgIpc) is 2.20. The van der Waals surface area contributed by atoms with Gasteiger partial charge in [-0.25, -0.2) is 0 Å². The second kappa shape index (κ2) is 5.92. The van der Waals surface area contributed by atoms with Gasteiger partial charge in [0.15, 0.2) is 0 Å². The normalized spacial score (nSPS) is 12.8. The third-order valence-corrected chi connectivity index (χ3v) is 2.77. The second-order valence-corrected chi connectivity index (χ2v) is 4.49. The molecule has 0 spiro atoms. The van der Waals surface area contributed by atoms with E-state index in [9.17, 15) is 0 Å². The van der Waals surface area contributed by atoms with Crippen LogP contribution in [-0.2, 0) is 6.42 Å². The summed E-state index contributed by atoms with van der Waals surface area (Å²) < 4.78 is 0. The van der Waals surface area contributed by atoms with Crippen LogP contribution in [0.15, 0.2) is 18.2 Å². The summed E-state index contributed by atoms with van der Waals surface area (Å²) >= 11 is 0. The van der Waals surface area contributed by atoms with Crippen LogP contribution < -0.4 is 5.32 Å². The third kappa shape index (κ3) is 4.05. The SMILES string of the molecule is CCCNC(C)Cc1cc(C)ccc1C. The van der Waals surface area contributed by atoms with Crippen LogP contribution >= 0.6 is 0 Å². The first-order chi connectivity index (χ1) is 7.13. The van der Waals surface area contributed by atoms with Crippen molar-refractivity contribution in [2.24, 2.45) is 0 Å². The zero-order valence-corrected chi connectivity index (χ0v) is 10.4. The zero-order valence-electron chi connectivity index (χ0n) is 10.4. The van der Waals surface area contributed by atoms with Gasteiger partial charge in [-0.3, -0.25) is 0 Å². The van der Waals surface area contributed by atoms with Gasteiger partial charge in [0, 0.05) is 6.04 Å². The largest absolute Gasteiger partial charge is 0.314 e. The Morgan fingerprint density at radius 2 is 2.00 bits per heavy atom. The number of hydrogen-bond donors (Lipinski definition) is 1. The molecule has 0 aromatic heterocycles. The van der Waals surface area contributed by atoms with Crippen molar-refractivity contribution in [3.8, 4) is 0 Å². The Bertz CT molecular complexity index is 304. The first-order valence-corrected chi connectivity index (χ1v) is 5.93. The summed E-state index contributed by atoms with van der Waals surface area (Å²) in [4.78, 5) is 0. The lowest BCUT2D eigenvalue weighted by Gasteiger charge is -2.15. The molecular formula is C14H23N. The molecule has 0 saturated heterocycles. The average molecular weight is 205 g/mol. The Kier molecular flexibility index (Phi) is 4.83. The lowest BCUT2D eigenvalue weighted by Crippen LogP contribution is -2.28. The minimum Gasteiger partial charge on any atom is -0.314 e. The summed E-state index contributed by atoms with van der Waals surface area (Å²) in [6.45, 7) is 9.94. The summed E-state index contributed by atoms with van der Waals surface area (Å²) in [5, 5.41) is 3.53. The molecule has 0 aliphatic rings. The van der Waals surface area contributed by atoms with Crippen molar-refractivity contribution in [3.05, 3.63) is 34.9 Å². The van der Waals surface area contributed by atoms with E-state index in [-0.39, 0.29) is 0 Å².